The molecule has 0 aromatic heterocycles. The molecule has 1 aliphatic heterocycles. The summed E-state index contributed by atoms with van der Waals surface area (Å²) >= 11 is 0. The molecular weight excluding hydrogens is 138 g/mol. The molecule has 0 radical (unpaired) electrons. The summed E-state index contributed by atoms with van der Waals surface area (Å²) in [6.45, 7) is 4.67. The standard InChI is InChI=1S/C9H15NO/c1-7-4-5-10(3)9(6-7)8(2)11/h4,9H,5-6H2,1-3H3. The molecule has 0 bridgehead atoms. The number of Topliss-reactive ketones (excluding diaryl/α,β-unsaturated/α-hetero) is 1. The van der Waals surface area contributed by atoms with Gasteiger partial charge in [-0.15, -0.1) is 0 Å². The maximum Gasteiger partial charge on any atom is 0.147 e. The van der Waals surface area contributed by atoms with Crippen LogP contribution in [-0.2, 0) is 4.79 Å². The van der Waals surface area contributed by atoms with E-state index in [-0.39, 0.29) is 11.8 Å². The third-order valence-electron chi connectivity index (χ3n) is 2.24. The zero-order chi connectivity index (χ0) is 8.43. The lowest BCUT2D eigenvalue weighted by atomic mass is 9.99. The van der Waals surface area contributed by atoms with Gasteiger partial charge in [-0.25, -0.2) is 0 Å². The van der Waals surface area contributed by atoms with E-state index in [2.05, 4.69) is 17.9 Å². The van der Waals surface area contributed by atoms with E-state index in [0.29, 0.717) is 0 Å². The summed E-state index contributed by atoms with van der Waals surface area (Å²) in [4.78, 5) is 13.2. The van der Waals surface area contributed by atoms with Crippen LogP contribution in [0.1, 0.15) is 20.3 Å². The average molecular weight is 153 g/mol. The molecule has 62 valence electrons. The van der Waals surface area contributed by atoms with Gasteiger partial charge in [0.1, 0.15) is 5.78 Å². The minimum absolute atomic E-state index is 0.125. The van der Waals surface area contributed by atoms with E-state index in [1.807, 2.05) is 7.05 Å². The summed E-state index contributed by atoms with van der Waals surface area (Å²) in [7, 11) is 2.00. The van der Waals surface area contributed by atoms with Crippen molar-refractivity contribution >= 4 is 5.78 Å². The van der Waals surface area contributed by atoms with Gasteiger partial charge in [0.05, 0.1) is 6.04 Å². The molecule has 11 heavy (non-hydrogen) atoms. The Bertz CT molecular complexity index is 196. The van der Waals surface area contributed by atoms with Gasteiger partial charge in [0, 0.05) is 6.54 Å². The minimum atomic E-state index is 0.125. The lowest BCUT2D eigenvalue weighted by Gasteiger charge is -2.29. The van der Waals surface area contributed by atoms with Crippen molar-refractivity contribution in [2.24, 2.45) is 0 Å². The van der Waals surface area contributed by atoms with Crippen LogP contribution in [0.2, 0.25) is 0 Å². The third kappa shape index (κ3) is 1.90. The molecule has 1 aliphatic rings. The number of carbonyl (C=O) groups excluding carboxylic acids is 1. The Morgan fingerprint density at radius 1 is 1.73 bits per heavy atom. The van der Waals surface area contributed by atoms with Crippen LogP contribution in [0.25, 0.3) is 0 Å². The second kappa shape index (κ2) is 3.18. The topological polar surface area (TPSA) is 20.3 Å². The first-order valence-electron chi connectivity index (χ1n) is 3.97. The van der Waals surface area contributed by atoms with Gasteiger partial charge >= 0.3 is 0 Å². The van der Waals surface area contributed by atoms with Gasteiger partial charge in [-0.1, -0.05) is 11.6 Å². The van der Waals surface area contributed by atoms with Crippen LogP contribution < -0.4 is 0 Å². The Hall–Kier alpha value is -0.630. The van der Waals surface area contributed by atoms with Gasteiger partial charge in [-0.2, -0.15) is 0 Å². The van der Waals surface area contributed by atoms with Crippen LogP contribution in [0.4, 0.5) is 0 Å². The number of hydrogen-bond donors (Lipinski definition) is 0. The normalized spacial score (nSPS) is 26.5. The molecule has 0 saturated heterocycles. The lowest BCUT2D eigenvalue weighted by molar-refractivity contribution is -0.121. The van der Waals surface area contributed by atoms with Crippen LogP contribution in [-0.4, -0.2) is 30.3 Å². The molecule has 0 aromatic carbocycles. The Balaban J connectivity index is 2.67. The van der Waals surface area contributed by atoms with Crippen molar-refractivity contribution in [1.82, 2.24) is 4.90 Å². The summed E-state index contributed by atoms with van der Waals surface area (Å²) in [5.41, 5.74) is 1.34. The SMILES string of the molecule is CC(=O)C1CC(C)=CCN1C. The molecule has 0 aliphatic carbocycles. The summed E-state index contributed by atoms with van der Waals surface area (Å²) in [5, 5.41) is 0. The number of carbonyl (C=O) groups is 1. The van der Waals surface area contributed by atoms with E-state index in [4.69, 9.17) is 0 Å². The zero-order valence-corrected chi connectivity index (χ0v) is 7.42. The van der Waals surface area contributed by atoms with E-state index in [1.165, 1.54) is 5.57 Å². The smallest absolute Gasteiger partial charge is 0.147 e. The number of ketones is 1. The Labute approximate surface area is 67.9 Å². The fourth-order valence-electron chi connectivity index (χ4n) is 1.43. The Morgan fingerprint density at radius 3 is 2.82 bits per heavy atom. The van der Waals surface area contributed by atoms with Crippen molar-refractivity contribution in [3.05, 3.63) is 11.6 Å². The first-order chi connectivity index (χ1) is 5.11. The van der Waals surface area contributed by atoms with Gasteiger partial charge in [0.2, 0.25) is 0 Å². The fraction of sp³-hybridized carbons (Fsp3) is 0.667. The summed E-state index contributed by atoms with van der Waals surface area (Å²) in [5.74, 6) is 0.278. The summed E-state index contributed by atoms with van der Waals surface area (Å²) in [6, 6.07) is 0.125. The van der Waals surface area contributed by atoms with Crippen molar-refractivity contribution in [2.75, 3.05) is 13.6 Å². The van der Waals surface area contributed by atoms with Gasteiger partial charge in [0.25, 0.3) is 0 Å². The van der Waals surface area contributed by atoms with Crippen LogP contribution in [0, 0.1) is 0 Å². The molecule has 2 heteroatoms. The van der Waals surface area contributed by atoms with Crippen molar-refractivity contribution in [3.8, 4) is 0 Å². The van der Waals surface area contributed by atoms with Crippen LogP contribution in [0.5, 0.6) is 0 Å². The van der Waals surface area contributed by atoms with Crippen molar-refractivity contribution in [2.45, 2.75) is 26.3 Å². The monoisotopic (exact) mass is 153 g/mol. The quantitative estimate of drug-likeness (QED) is 0.528. The van der Waals surface area contributed by atoms with E-state index in [1.54, 1.807) is 6.92 Å². The molecule has 0 fully saturated rings. The number of rotatable bonds is 1. The van der Waals surface area contributed by atoms with E-state index in [9.17, 15) is 4.79 Å². The van der Waals surface area contributed by atoms with Crippen molar-refractivity contribution in [3.63, 3.8) is 0 Å². The summed E-state index contributed by atoms with van der Waals surface area (Å²) < 4.78 is 0. The first kappa shape index (κ1) is 8.47. The molecule has 0 saturated carbocycles. The Kier molecular flexibility index (Phi) is 2.45. The van der Waals surface area contributed by atoms with Gasteiger partial charge in [-0.3, -0.25) is 9.69 Å². The molecule has 0 spiro atoms. The molecule has 1 rings (SSSR count). The van der Waals surface area contributed by atoms with E-state index < -0.39 is 0 Å². The van der Waals surface area contributed by atoms with Gasteiger partial charge in [0.15, 0.2) is 0 Å². The van der Waals surface area contributed by atoms with Gasteiger partial charge in [-0.05, 0) is 27.3 Å². The Morgan fingerprint density at radius 2 is 2.36 bits per heavy atom. The molecule has 2 nitrogen and oxygen atoms in total. The molecule has 1 unspecified atom stereocenters. The number of likely N-dealkylation sites (N-methyl/N-ethyl adjacent to an activating group) is 1. The molecule has 1 heterocycles. The first-order valence-corrected chi connectivity index (χ1v) is 3.97. The number of nitrogens with zero attached hydrogens (tertiary/aromatic N) is 1. The second-order valence-corrected chi connectivity index (χ2v) is 3.32. The molecule has 0 aromatic rings. The van der Waals surface area contributed by atoms with Crippen LogP contribution >= 0.6 is 0 Å². The van der Waals surface area contributed by atoms with Gasteiger partial charge < -0.3 is 0 Å². The predicted octanol–water partition coefficient (Wildman–Crippen LogP) is 1.23. The van der Waals surface area contributed by atoms with E-state index in [0.717, 1.165) is 13.0 Å². The van der Waals surface area contributed by atoms with Crippen LogP contribution in [0.15, 0.2) is 11.6 Å². The molecular formula is C9H15NO. The second-order valence-electron chi connectivity index (χ2n) is 3.32. The molecule has 0 N–H and O–H groups in total. The highest BCUT2D eigenvalue weighted by atomic mass is 16.1. The zero-order valence-electron chi connectivity index (χ0n) is 7.42. The summed E-state index contributed by atoms with van der Waals surface area (Å²) in [6.07, 6.45) is 3.09. The lowest BCUT2D eigenvalue weighted by Crippen LogP contribution is -2.39. The highest BCUT2D eigenvalue weighted by molar-refractivity contribution is 5.81. The highest BCUT2D eigenvalue weighted by Crippen LogP contribution is 2.15. The fourth-order valence-corrected chi connectivity index (χ4v) is 1.43. The molecule has 1 atom stereocenters. The third-order valence-corrected chi connectivity index (χ3v) is 2.24. The average Bonchev–Trinajstić information content (AvgIpc) is 1.94. The maximum atomic E-state index is 11.1. The van der Waals surface area contributed by atoms with Crippen molar-refractivity contribution in [1.29, 1.82) is 0 Å². The predicted molar refractivity (Wildman–Crippen MR) is 45.5 cm³/mol. The van der Waals surface area contributed by atoms with Crippen LogP contribution in [0.3, 0.4) is 0 Å². The number of hydrogen-bond acceptors (Lipinski definition) is 2. The molecule has 0 amide bonds. The maximum absolute atomic E-state index is 11.1. The van der Waals surface area contributed by atoms with Crippen molar-refractivity contribution < 1.29 is 4.79 Å². The highest BCUT2D eigenvalue weighted by Gasteiger charge is 2.21. The minimum Gasteiger partial charge on any atom is -0.298 e. The van der Waals surface area contributed by atoms with E-state index >= 15 is 0 Å². The largest absolute Gasteiger partial charge is 0.298 e.